The van der Waals surface area contributed by atoms with E-state index in [-0.39, 0.29) is 17.9 Å². The summed E-state index contributed by atoms with van der Waals surface area (Å²) in [6.45, 7) is 14.7. The number of ether oxygens (including phenoxy) is 2. The molecular formula is C34H55N5O4S. The number of carbonyl (C=O) groups excluding carboxylic acids is 2. The van der Waals surface area contributed by atoms with Gasteiger partial charge in [0.05, 0.1) is 29.1 Å². The van der Waals surface area contributed by atoms with Crippen molar-refractivity contribution in [3.05, 3.63) is 52.7 Å². The Balaban J connectivity index is 0.00000127. The molecule has 0 saturated carbocycles. The molecule has 1 saturated heterocycles. The summed E-state index contributed by atoms with van der Waals surface area (Å²) in [7, 11) is 8.76. The molecule has 1 spiro atoms. The van der Waals surface area contributed by atoms with Crippen molar-refractivity contribution in [1.29, 1.82) is 0 Å². The second-order valence-electron chi connectivity index (χ2n) is 11.1. The maximum absolute atomic E-state index is 13.8. The van der Waals surface area contributed by atoms with Gasteiger partial charge in [-0.3, -0.25) is 9.48 Å². The highest BCUT2D eigenvalue weighted by Gasteiger charge is 2.42. The number of fused-ring (bicyclic) bond motifs is 1. The van der Waals surface area contributed by atoms with Crippen LogP contribution in [0, 0.1) is 6.92 Å². The van der Waals surface area contributed by atoms with Crippen molar-refractivity contribution in [2.45, 2.75) is 83.8 Å². The lowest BCUT2D eigenvalue weighted by Gasteiger charge is -2.48. The third kappa shape index (κ3) is 8.38. The predicted molar refractivity (Wildman–Crippen MR) is 181 cm³/mol. The van der Waals surface area contributed by atoms with Crippen molar-refractivity contribution >= 4 is 23.7 Å². The Labute approximate surface area is 269 Å². The first kappa shape index (κ1) is 37.2. The van der Waals surface area contributed by atoms with Crippen molar-refractivity contribution in [3.8, 4) is 5.75 Å². The Morgan fingerprint density at radius 2 is 1.75 bits per heavy atom. The van der Waals surface area contributed by atoms with Gasteiger partial charge in [0.25, 0.3) is 0 Å². The Morgan fingerprint density at radius 1 is 1.11 bits per heavy atom. The summed E-state index contributed by atoms with van der Waals surface area (Å²) in [5.74, 6) is 1.50. The predicted octanol–water partition coefficient (Wildman–Crippen LogP) is 6.29. The molecular weight excluding hydrogens is 574 g/mol. The molecule has 3 heterocycles. The Kier molecular flexibility index (Phi) is 14.8. The number of piperidine rings is 1. The van der Waals surface area contributed by atoms with Crippen LogP contribution in [0.2, 0.25) is 0 Å². The van der Waals surface area contributed by atoms with Crippen LogP contribution in [0.15, 0.2) is 35.4 Å². The van der Waals surface area contributed by atoms with E-state index >= 15 is 0 Å². The van der Waals surface area contributed by atoms with Crippen LogP contribution >= 0.6 is 11.8 Å². The van der Waals surface area contributed by atoms with E-state index in [9.17, 15) is 9.59 Å². The number of hydrogen-bond acceptors (Lipinski definition) is 6. The number of aryl methyl sites for hydroxylation is 2. The number of thioether (sulfide) groups is 1. The number of urea groups is 1. The number of amides is 3. The lowest BCUT2D eigenvalue weighted by Crippen LogP contribution is -2.59. The molecule has 246 valence electrons. The van der Waals surface area contributed by atoms with Crippen LogP contribution in [-0.2, 0) is 29.5 Å². The third-order valence-corrected chi connectivity index (χ3v) is 9.48. The van der Waals surface area contributed by atoms with E-state index < -0.39 is 5.54 Å². The largest absolute Gasteiger partial charge is 0.496 e. The summed E-state index contributed by atoms with van der Waals surface area (Å²) in [5, 5.41) is 5.61. The third-order valence-electron chi connectivity index (χ3n) is 8.30. The highest BCUT2D eigenvalue weighted by Crippen LogP contribution is 2.37. The van der Waals surface area contributed by atoms with Crippen molar-refractivity contribution in [3.63, 3.8) is 0 Å². The first-order valence-corrected chi connectivity index (χ1v) is 16.8. The lowest BCUT2D eigenvalue weighted by molar-refractivity contribution is -0.130. The summed E-state index contributed by atoms with van der Waals surface area (Å²) in [6, 6.07) is 6.07. The van der Waals surface area contributed by atoms with Gasteiger partial charge in [-0.1, -0.05) is 63.7 Å². The molecule has 9 nitrogen and oxygen atoms in total. The molecule has 0 N–H and O–H groups in total. The van der Waals surface area contributed by atoms with E-state index in [1.54, 1.807) is 33.1 Å². The second-order valence-corrected chi connectivity index (χ2v) is 12.1. The molecule has 0 aliphatic carbocycles. The van der Waals surface area contributed by atoms with Gasteiger partial charge >= 0.3 is 6.03 Å². The van der Waals surface area contributed by atoms with Crippen LogP contribution < -0.4 is 4.74 Å². The molecule has 0 radical (unpaired) electrons. The number of benzene rings is 1. The first-order valence-electron chi connectivity index (χ1n) is 15.8. The standard InChI is InChI=1S/C30H43N5O3S.C2H6O.C2H6/c1-8-24-22(4)31-33(6)28(24)39-20-26(36)34-17-15-30(16-18-34)14-13-21(3)27-23(11-10-12-25(27)38-7)19-32(5)29(37)35(30)9-2;1-3-2;1-2/h10-14,21H,8-9,15-20H2,1-7H3;1-2H3;1-2H3/b14-13+;;. The molecule has 0 bridgehead atoms. The van der Waals surface area contributed by atoms with E-state index in [4.69, 9.17) is 4.74 Å². The van der Waals surface area contributed by atoms with Gasteiger partial charge in [0, 0.05) is 71.5 Å². The zero-order chi connectivity index (χ0) is 33.0. The molecule has 1 atom stereocenters. The summed E-state index contributed by atoms with van der Waals surface area (Å²) in [5.41, 5.74) is 4.03. The van der Waals surface area contributed by atoms with Gasteiger partial charge in [-0.15, -0.1) is 0 Å². The molecule has 1 aromatic heterocycles. The molecule has 2 aliphatic rings. The second kappa shape index (κ2) is 17.5. The number of aromatic nitrogens is 2. The average Bonchev–Trinajstić information content (AvgIpc) is 3.31. The quantitative estimate of drug-likeness (QED) is 0.276. The van der Waals surface area contributed by atoms with Crippen LogP contribution in [0.1, 0.15) is 75.8 Å². The van der Waals surface area contributed by atoms with E-state index in [2.05, 4.69) is 41.9 Å². The molecule has 44 heavy (non-hydrogen) atoms. The molecule has 3 amide bonds. The molecule has 10 heteroatoms. The van der Waals surface area contributed by atoms with Gasteiger partial charge in [0.1, 0.15) is 5.75 Å². The van der Waals surface area contributed by atoms with Crippen LogP contribution in [0.4, 0.5) is 4.79 Å². The van der Waals surface area contributed by atoms with Crippen LogP contribution in [0.5, 0.6) is 5.75 Å². The summed E-state index contributed by atoms with van der Waals surface area (Å²) < 4.78 is 11.8. The van der Waals surface area contributed by atoms with Gasteiger partial charge in [0.2, 0.25) is 5.91 Å². The summed E-state index contributed by atoms with van der Waals surface area (Å²) in [6.07, 6.45) is 6.79. The monoisotopic (exact) mass is 629 g/mol. The van der Waals surface area contributed by atoms with Crippen molar-refractivity contribution in [2.24, 2.45) is 7.05 Å². The zero-order valence-electron chi connectivity index (χ0n) is 28.9. The van der Waals surface area contributed by atoms with Crippen LogP contribution in [0.25, 0.3) is 0 Å². The number of nitrogens with zero attached hydrogens (tertiary/aromatic N) is 5. The fourth-order valence-electron chi connectivity index (χ4n) is 6.17. The van der Waals surface area contributed by atoms with Crippen LogP contribution in [-0.4, -0.2) is 95.7 Å². The number of methoxy groups -OCH3 is 2. The maximum atomic E-state index is 13.8. The number of hydrogen-bond donors (Lipinski definition) is 0. The number of allylic oxidation sites excluding steroid dienone is 1. The van der Waals surface area contributed by atoms with Gasteiger partial charge in [-0.05, 0) is 44.7 Å². The number of carbonyl (C=O) groups is 2. The molecule has 2 aliphatic heterocycles. The molecule has 1 aromatic carbocycles. The first-order chi connectivity index (χ1) is 21.1. The lowest BCUT2D eigenvalue weighted by atomic mass is 9.82. The summed E-state index contributed by atoms with van der Waals surface area (Å²) in [4.78, 5) is 32.8. The number of likely N-dealkylation sites (N-methyl/N-ethyl adjacent to an activating group) is 1. The Morgan fingerprint density at radius 3 is 2.32 bits per heavy atom. The minimum atomic E-state index is -0.438. The van der Waals surface area contributed by atoms with Crippen molar-refractivity contribution in [1.82, 2.24) is 24.5 Å². The maximum Gasteiger partial charge on any atom is 0.320 e. The summed E-state index contributed by atoms with van der Waals surface area (Å²) >= 11 is 1.57. The fraction of sp³-hybridized carbons (Fsp3) is 0.618. The minimum absolute atomic E-state index is 0.0134. The average molecular weight is 630 g/mol. The highest BCUT2D eigenvalue weighted by molar-refractivity contribution is 8.00. The molecule has 2 aromatic rings. The van der Waals surface area contributed by atoms with E-state index in [0.29, 0.717) is 44.8 Å². The van der Waals surface area contributed by atoms with E-state index in [0.717, 1.165) is 34.0 Å². The van der Waals surface area contributed by atoms with Gasteiger partial charge in [0.15, 0.2) is 0 Å². The van der Waals surface area contributed by atoms with E-state index in [1.165, 1.54) is 5.56 Å². The normalized spacial score (nSPS) is 18.5. The van der Waals surface area contributed by atoms with Crippen molar-refractivity contribution < 1.29 is 19.1 Å². The highest BCUT2D eigenvalue weighted by atomic mass is 32.2. The number of rotatable bonds is 6. The molecule has 1 fully saturated rings. The number of likely N-dealkylation sites (tertiary alicyclic amines) is 1. The van der Waals surface area contributed by atoms with E-state index in [1.807, 2.05) is 73.3 Å². The topological polar surface area (TPSA) is 80.1 Å². The van der Waals surface area contributed by atoms with Gasteiger partial charge in [-0.25, -0.2) is 4.79 Å². The molecule has 4 rings (SSSR count). The molecule has 1 unspecified atom stereocenters. The van der Waals surface area contributed by atoms with Crippen molar-refractivity contribution in [2.75, 3.05) is 53.8 Å². The minimum Gasteiger partial charge on any atom is -0.496 e. The fourth-order valence-corrected chi connectivity index (χ4v) is 7.31. The Bertz CT molecular complexity index is 1250. The SMILES string of the molecule is CC.CCc1c(C)nn(C)c1SCC(=O)N1CCC2(/C=C/C(C)c3c(cccc3OC)CN(C)C(=O)N2CC)CC1.COC. The zero-order valence-corrected chi connectivity index (χ0v) is 29.7. The van der Waals surface area contributed by atoms with Gasteiger partial charge in [-0.2, -0.15) is 5.10 Å². The van der Waals surface area contributed by atoms with Crippen LogP contribution in [0.3, 0.4) is 0 Å². The Hall–Kier alpha value is -2.98. The smallest absolute Gasteiger partial charge is 0.320 e. The van der Waals surface area contributed by atoms with Gasteiger partial charge < -0.3 is 24.2 Å².